The number of methoxy groups -OCH3 is 2. The summed E-state index contributed by atoms with van der Waals surface area (Å²) in [6, 6.07) is 15.2. The molecular formula is C21H26N2O4. The molecule has 1 N–H and O–H groups in total. The topological polar surface area (TPSA) is 60.0 Å². The summed E-state index contributed by atoms with van der Waals surface area (Å²) in [5.74, 6) is 1.44. The smallest absolute Gasteiger partial charge is 0.251 e. The Morgan fingerprint density at radius 2 is 1.78 bits per heavy atom. The Kier molecular flexibility index (Phi) is 6.68. The number of hydrogen-bond acceptors (Lipinski definition) is 5. The summed E-state index contributed by atoms with van der Waals surface area (Å²) in [6.45, 7) is 3.58. The van der Waals surface area contributed by atoms with Crippen molar-refractivity contribution in [2.45, 2.75) is 6.04 Å². The third kappa shape index (κ3) is 4.99. The highest BCUT2D eigenvalue weighted by molar-refractivity contribution is 5.94. The van der Waals surface area contributed by atoms with Gasteiger partial charge < -0.3 is 19.5 Å². The second-order valence-electron chi connectivity index (χ2n) is 6.38. The van der Waals surface area contributed by atoms with Gasteiger partial charge in [-0.25, -0.2) is 0 Å². The molecule has 0 bridgehead atoms. The summed E-state index contributed by atoms with van der Waals surface area (Å²) in [5.41, 5.74) is 1.73. The number of nitrogens with one attached hydrogen (secondary N) is 1. The minimum atomic E-state index is -0.0983. The number of nitrogens with zero attached hydrogens (tertiary/aromatic N) is 1. The normalized spacial score (nSPS) is 15.8. The maximum absolute atomic E-state index is 12.6. The maximum atomic E-state index is 12.6. The van der Waals surface area contributed by atoms with Gasteiger partial charge in [0.05, 0.1) is 33.5 Å². The fourth-order valence-corrected chi connectivity index (χ4v) is 3.23. The summed E-state index contributed by atoms with van der Waals surface area (Å²) in [5, 5.41) is 3.07. The molecule has 0 saturated carbocycles. The Morgan fingerprint density at radius 3 is 2.44 bits per heavy atom. The lowest BCUT2D eigenvalue weighted by molar-refractivity contribution is 0.0162. The predicted molar refractivity (Wildman–Crippen MR) is 103 cm³/mol. The molecule has 0 unspecified atom stereocenters. The van der Waals surface area contributed by atoms with Crippen molar-refractivity contribution in [2.24, 2.45) is 0 Å². The molecule has 1 heterocycles. The quantitative estimate of drug-likeness (QED) is 0.812. The molecule has 2 aromatic rings. The summed E-state index contributed by atoms with van der Waals surface area (Å²) in [7, 11) is 3.27. The lowest BCUT2D eigenvalue weighted by Crippen LogP contribution is -2.43. The van der Waals surface area contributed by atoms with Gasteiger partial charge in [0.15, 0.2) is 0 Å². The molecule has 1 aliphatic heterocycles. The molecule has 1 fully saturated rings. The first-order chi connectivity index (χ1) is 13.2. The SMILES string of the molecule is COc1ccc(C(=O)NC[C@H](c2cccc(OC)c2)N2CCOCC2)cc1. The molecule has 0 aromatic heterocycles. The molecule has 1 amide bonds. The van der Waals surface area contributed by atoms with E-state index in [4.69, 9.17) is 14.2 Å². The monoisotopic (exact) mass is 370 g/mol. The number of hydrogen-bond donors (Lipinski definition) is 1. The Hall–Kier alpha value is -2.57. The van der Waals surface area contributed by atoms with Gasteiger partial charge in [0.1, 0.15) is 11.5 Å². The number of amides is 1. The fourth-order valence-electron chi connectivity index (χ4n) is 3.23. The summed E-state index contributed by atoms with van der Waals surface area (Å²) >= 11 is 0. The standard InChI is InChI=1S/C21H26N2O4/c1-25-18-8-6-16(7-9-18)21(24)22-15-20(23-10-12-27-13-11-23)17-4-3-5-19(14-17)26-2/h3-9,14,20H,10-13,15H2,1-2H3,(H,22,24)/t20-/m1/s1. The van der Waals surface area contributed by atoms with Crippen LogP contribution in [-0.2, 0) is 4.74 Å². The third-order valence-electron chi connectivity index (χ3n) is 4.77. The zero-order valence-electron chi connectivity index (χ0n) is 15.8. The minimum Gasteiger partial charge on any atom is -0.497 e. The number of rotatable bonds is 7. The highest BCUT2D eigenvalue weighted by atomic mass is 16.5. The van der Waals surface area contributed by atoms with Crippen LogP contribution in [0.15, 0.2) is 48.5 Å². The van der Waals surface area contributed by atoms with E-state index in [-0.39, 0.29) is 11.9 Å². The van der Waals surface area contributed by atoms with Gasteiger partial charge in [-0.15, -0.1) is 0 Å². The Labute approximate surface area is 160 Å². The van der Waals surface area contributed by atoms with E-state index in [0.717, 1.165) is 30.2 Å². The Balaban J connectivity index is 1.73. The van der Waals surface area contributed by atoms with E-state index < -0.39 is 0 Å². The molecule has 6 heteroatoms. The van der Waals surface area contributed by atoms with Gasteiger partial charge >= 0.3 is 0 Å². The summed E-state index contributed by atoms with van der Waals surface area (Å²) in [4.78, 5) is 14.9. The van der Waals surface area contributed by atoms with E-state index in [1.54, 1.807) is 38.5 Å². The van der Waals surface area contributed by atoms with Gasteiger partial charge in [0, 0.05) is 25.2 Å². The number of ether oxygens (including phenoxy) is 3. The number of carbonyl (C=O) groups is 1. The van der Waals surface area contributed by atoms with Crippen LogP contribution in [0.1, 0.15) is 22.0 Å². The van der Waals surface area contributed by atoms with Gasteiger partial charge in [-0.3, -0.25) is 9.69 Å². The molecule has 1 saturated heterocycles. The van der Waals surface area contributed by atoms with Gasteiger partial charge in [0.25, 0.3) is 5.91 Å². The molecule has 1 atom stereocenters. The molecule has 0 radical (unpaired) electrons. The lowest BCUT2D eigenvalue weighted by atomic mass is 10.0. The molecular weight excluding hydrogens is 344 g/mol. The molecule has 0 aliphatic carbocycles. The second kappa shape index (κ2) is 9.39. The first-order valence-electron chi connectivity index (χ1n) is 9.09. The first kappa shape index (κ1) is 19.2. The van der Waals surface area contributed by atoms with Crippen LogP contribution in [0.4, 0.5) is 0 Å². The van der Waals surface area contributed by atoms with Crippen molar-refractivity contribution in [1.29, 1.82) is 0 Å². The van der Waals surface area contributed by atoms with Crippen molar-refractivity contribution in [1.82, 2.24) is 10.2 Å². The van der Waals surface area contributed by atoms with E-state index in [1.165, 1.54) is 0 Å². The van der Waals surface area contributed by atoms with E-state index in [1.807, 2.05) is 18.2 Å². The van der Waals surface area contributed by atoms with E-state index >= 15 is 0 Å². The molecule has 1 aliphatic rings. The third-order valence-corrected chi connectivity index (χ3v) is 4.77. The number of carbonyl (C=O) groups excluding carboxylic acids is 1. The van der Waals surface area contributed by atoms with Crippen molar-refractivity contribution < 1.29 is 19.0 Å². The Bertz CT molecular complexity index is 742. The summed E-state index contributed by atoms with van der Waals surface area (Å²) in [6.07, 6.45) is 0. The van der Waals surface area contributed by atoms with E-state index in [0.29, 0.717) is 25.3 Å². The van der Waals surface area contributed by atoms with Crippen LogP contribution < -0.4 is 14.8 Å². The van der Waals surface area contributed by atoms with Crippen LogP contribution in [-0.4, -0.2) is 57.9 Å². The fraction of sp³-hybridized carbons (Fsp3) is 0.381. The highest BCUT2D eigenvalue weighted by Crippen LogP contribution is 2.25. The van der Waals surface area contributed by atoms with Crippen molar-refractivity contribution in [3.63, 3.8) is 0 Å². The zero-order valence-corrected chi connectivity index (χ0v) is 15.8. The Morgan fingerprint density at radius 1 is 1.07 bits per heavy atom. The average molecular weight is 370 g/mol. The molecule has 27 heavy (non-hydrogen) atoms. The van der Waals surface area contributed by atoms with Crippen molar-refractivity contribution >= 4 is 5.91 Å². The van der Waals surface area contributed by atoms with E-state index in [2.05, 4.69) is 16.3 Å². The molecule has 6 nitrogen and oxygen atoms in total. The first-order valence-corrected chi connectivity index (χ1v) is 9.09. The van der Waals surface area contributed by atoms with Crippen LogP contribution in [0.2, 0.25) is 0 Å². The van der Waals surface area contributed by atoms with Gasteiger partial charge in [-0.05, 0) is 42.0 Å². The van der Waals surface area contributed by atoms with Crippen molar-refractivity contribution in [3.8, 4) is 11.5 Å². The molecule has 0 spiro atoms. The molecule has 3 rings (SSSR count). The molecule has 144 valence electrons. The van der Waals surface area contributed by atoms with Gasteiger partial charge in [0.2, 0.25) is 0 Å². The second-order valence-corrected chi connectivity index (χ2v) is 6.38. The highest BCUT2D eigenvalue weighted by Gasteiger charge is 2.23. The van der Waals surface area contributed by atoms with Crippen LogP contribution in [0.5, 0.6) is 11.5 Å². The van der Waals surface area contributed by atoms with Crippen LogP contribution in [0.25, 0.3) is 0 Å². The minimum absolute atomic E-state index is 0.0613. The lowest BCUT2D eigenvalue weighted by Gasteiger charge is -2.35. The summed E-state index contributed by atoms with van der Waals surface area (Å²) < 4.78 is 16.0. The predicted octanol–water partition coefficient (Wildman–Crippen LogP) is 2.51. The number of morpholine rings is 1. The zero-order chi connectivity index (χ0) is 19.1. The van der Waals surface area contributed by atoms with Crippen LogP contribution in [0.3, 0.4) is 0 Å². The van der Waals surface area contributed by atoms with Gasteiger partial charge in [-0.1, -0.05) is 12.1 Å². The van der Waals surface area contributed by atoms with Crippen LogP contribution in [0, 0.1) is 0 Å². The maximum Gasteiger partial charge on any atom is 0.251 e. The van der Waals surface area contributed by atoms with Gasteiger partial charge in [-0.2, -0.15) is 0 Å². The number of benzene rings is 2. The average Bonchev–Trinajstić information content (AvgIpc) is 2.74. The van der Waals surface area contributed by atoms with E-state index in [9.17, 15) is 4.79 Å². The van der Waals surface area contributed by atoms with Crippen molar-refractivity contribution in [2.75, 3.05) is 47.1 Å². The molecule has 2 aromatic carbocycles. The van der Waals surface area contributed by atoms with Crippen molar-refractivity contribution in [3.05, 3.63) is 59.7 Å². The largest absolute Gasteiger partial charge is 0.497 e. The van der Waals surface area contributed by atoms with Crippen LogP contribution >= 0.6 is 0 Å².